The fourth-order valence-electron chi connectivity index (χ4n) is 2.48. The first kappa shape index (κ1) is 21.3. The minimum Gasteiger partial charge on any atom is -0.270 e. The Bertz CT molecular complexity index is 844. The van der Waals surface area contributed by atoms with E-state index in [1.807, 2.05) is 19.1 Å². The Balaban J connectivity index is 2.50. The van der Waals surface area contributed by atoms with E-state index in [4.69, 9.17) is 0 Å². The van der Waals surface area contributed by atoms with Gasteiger partial charge in [-0.1, -0.05) is 86.6 Å². The number of allylic oxidation sites excluding steroid dienone is 2. The molecule has 2 nitrogen and oxygen atoms in total. The van der Waals surface area contributed by atoms with Gasteiger partial charge in [0.15, 0.2) is 0 Å². The fraction of sp³-hybridized carbons (Fsp3) is 0.217. The van der Waals surface area contributed by atoms with Crippen molar-refractivity contribution in [3.05, 3.63) is 81.3 Å². The normalized spacial score (nSPS) is 26.0. The monoisotopic (exact) mass is 394 g/mol. The number of thioether (sulfide) groups is 2. The van der Waals surface area contributed by atoms with Gasteiger partial charge < -0.3 is 0 Å². The van der Waals surface area contributed by atoms with Crippen LogP contribution in [0.2, 0.25) is 0 Å². The maximum atomic E-state index is 4.66. The van der Waals surface area contributed by atoms with Crippen molar-refractivity contribution in [1.82, 2.24) is 0 Å². The van der Waals surface area contributed by atoms with Crippen LogP contribution in [-0.4, -0.2) is 18.1 Å². The molecule has 1 heterocycles. The molecule has 0 amide bonds. The topological polar surface area (TPSA) is 24.7 Å². The quantitative estimate of drug-likeness (QED) is 0.542. The summed E-state index contributed by atoms with van der Waals surface area (Å²) in [4.78, 5) is 10.1. The highest BCUT2D eigenvalue weighted by atomic mass is 32.2. The summed E-state index contributed by atoms with van der Waals surface area (Å²) in [5.41, 5.74) is 4.01. The summed E-state index contributed by atoms with van der Waals surface area (Å²) < 4.78 is 0.970. The zero-order chi connectivity index (χ0) is 19.8. The second-order valence-corrected chi connectivity index (χ2v) is 8.68. The van der Waals surface area contributed by atoms with Gasteiger partial charge in [0.05, 0.1) is 11.8 Å². The molecule has 0 spiro atoms. The molecule has 1 aromatic carbocycles. The Labute approximate surface area is 171 Å². The molecule has 0 fully saturated rings. The van der Waals surface area contributed by atoms with Crippen LogP contribution in [0.3, 0.4) is 0 Å². The number of aliphatic imine (C=N–C) groups is 2. The van der Waals surface area contributed by atoms with Gasteiger partial charge in [-0.25, -0.2) is 4.99 Å². The molecule has 27 heavy (non-hydrogen) atoms. The van der Waals surface area contributed by atoms with Gasteiger partial charge in [0.2, 0.25) is 0 Å². The van der Waals surface area contributed by atoms with Crippen molar-refractivity contribution in [1.29, 1.82) is 0 Å². The molecular weight excluding hydrogens is 368 g/mol. The molecule has 1 aliphatic rings. The van der Waals surface area contributed by atoms with Crippen LogP contribution in [0.25, 0.3) is 12.2 Å². The Hall–Kier alpha value is -2.04. The van der Waals surface area contributed by atoms with Crippen LogP contribution < -0.4 is 0 Å². The third-order valence-electron chi connectivity index (χ3n) is 4.26. The summed E-state index contributed by atoms with van der Waals surface area (Å²) in [6.07, 6.45) is 9.77. The van der Waals surface area contributed by atoms with Crippen LogP contribution >= 0.6 is 23.5 Å². The van der Waals surface area contributed by atoms with Crippen molar-refractivity contribution in [3.8, 4) is 0 Å². The van der Waals surface area contributed by atoms with Crippen molar-refractivity contribution >= 4 is 47.7 Å². The standard InChI is InChI=1S/C23H26N2S2/c1-7-9-21-14-22(11-10-20(21)8-2)23-18(5)27-19(6)26-13-12-16(3)17(4)24-15-25-23/h7-17H,2,5-6H2,1,3-4H3/b9-7-,13-12-,24-15-,25-23+. The number of hydrogen-bond acceptors (Lipinski definition) is 4. The summed E-state index contributed by atoms with van der Waals surface area (Å²) in [7, 11) is 0. The van der Waals surface area contributed by atoms with Crippen LogP contribution in [0.5, 0.6) is 0 Å². The third kappa shape index (κ3) is 5.98. The largest absolute Gasteiger partial charge is 0.270 e. The van der Waals surface area contributed by atoms with E-state index in [2.05, 4.69) is 79.3 Å². The highest BCUT2D eigenvalue weighted by Crippen LogP contribution is 2.35. The van der Waals surface area contributed by atoms with E-state index in [1.54, 1.807) is 29.9 Å². The maximum absolute atomic E-state index is 4.66. The predicted molar refractivity (Wildman–Crippen MR) is 127 cm³/mol. The number of hydrogen-bond donors (Lipinski definition) is 0. The summed E-state index contributed by atoms with van der Waals surface area (Å²) >= 11 is 3.15. The zero-order valence-electron chi connectivity index (χ0n) is 16.2. The van der Waals surface area contributed by atoms with Gasteiger partial charge in [0, 0.05) is 14.7 Å². The maximum Gasteiger partial charge on any atom is 0.110 e. The van der Waals surface area contributed by atoms with Crippen LogP contribution in [0.15, 0.2) is 74.6 Å². The lowest BCUT2D eigenvalue weighted by atomic mass is 10.0. The van der Waals surface area contributed by atoms with Gasteiger partial charge in [0.25, 0.3) is 0 Å². The zero-order valence-corrected chi connectivity index (χ0v) is 17.8. The molecule has 140 valence electrons. The van der Waals surface area contributed by atoms with Crippen LogP contribution in [0.4, 0.5) is 0 Å². The van der Waals surface area contributed by atoms with Crippen molar-refractivity contribution in [3.63, 3.8) is 0 Å². The molecule has 0 saturated heterocycles. The molecule has 0 radical (unpaired) electrons. The molecule has 1 aliphatic heterocycles. The van der Waals surface area contributed by atoms with Gasteiger partial charge in [-0.15, -0.1) is 0 Å². The predicted octanol–water partition coefficient (Wildman–Crippen LogP) is 7.18. The molecule has 4 heteroatoms. The first-order chi connectivity index (χ1) is 13.0. The molecule has 0 saturated carbocycles. The highest BCUT2D eigenvalue weighted by molar-refractivity contribution is 8.25. The molecule has 0 aromatic heterocycles. The molecule has 0 N–H and O–H groups in total. The second-order valence-electron chi connectivity index (χ2n) is 6.23. The lowest BCUT2D eigenvalue weighted by Crippen LogP contribution is -2.10. The molecule has 1 aromatic rings. The first-order valence-corrected chi connectivity index (χ1v) is 10.5. The third-order valence-corrected chi connectivity index (χ3v) is 6.02. The SMILES string of the molecule is C=Cc1ccc(/C2=N/C=N\C(C)C(C)/C=C\SC(=C)SC2=C)cc1/C=C\C. The molecular formula is C23H26N2S2. The van der Waals surface area contributed by atoms with Gasteiger partial charge in [-0.05, 0) is 42.4 Å². The fourth-order valence-corrected chi connectivity index (χ4v) is 4.16. The number of benzene rings is 1. The van der Waals surface area contributed by atoms with Crippen LogP contribution in [0, 0.1) is 5.92 Å². The van der Waals surface area contributed by atoms with Crippen molar-refractivity contribution in [2.75, 3.05) is 0 Å². The minimum absolute atomic E-state index is 0.155. The van der Waals surface area contributed by atoms with E-state index in [-0.39, 0.29) is 6.04 Å². The number of nitrogens with zero attached hydrogens (tertiary/aromatic N) is 2. The van der Waals surface area contributed by atoms with Crippen molar-refractivity contribution in [2.24, 2.45) is 15.9 Å². The summed E-state index contributed by atoms with van der Waals surface area (Å²) in [6.45, 7) is 18.5. The lowest BCUT2D eigenvalue weighted by molar-refractivity contribution is 0.587. The van der Waals surface area contributed by atoms with Gasteiger partial charge in [-0.2, -0.15) is 0 Å². The molecule has 0 bridgehead atoms. The van der Waals surface area contributed by atoms with Crippen LogP contribution in [0.1, 0.15) is 37.5 Å². The van der Waals surface area contributed by atoms with Gasteiger partial charge in [-0.3, -0.25) is 4.99 Å². The Kier molecular flexibility index (Phi) is 8.14. The van der Waals surface area contributed by atoms with Gasteiger partial charge in [0.1, 0.15) is 6.34 Å². The Morgan fingerprint density at radius 2 is 1.93 bits per heavy atom. The van der Waals surface area contributed by atoms with E-state index in [0.717, 1.165) is 31.5 Å². The lowest BCUT2D eigenvalue weighted by Gasteiger charge is -2.14. The van der Waals surface area contributed by atoms with E-state index in [1.165, 1.54) is 0 Å². The molecule has 2 atom stereocenters. The van der Waals surface area contributed by atoms with Crippen molar-refractivity contribution in [2.45, 2.75) is 26.8 Å². The molecule has 2 rings (SSSR count). The first-order valence-electron chi connectivity index (χ1n) is 8.84. The van der Waals surface area contributed by atoms with Crippen molar-refractivity contribution < 1.29 is 0 Å². The average molecular weight is 395 g/mol. The van der Waals surface area contributed by atoms with Crippen LogP contribution in [-0.2, 0) is 0 Å². The average Bonchev–Trinajstić information content (AvgIpc) is 2.64. The minimum atomic E-state index is 0.155. The summed E-state index contributed by atoms with van der Waals surface area (Å²) in [6, 6.07) is 6.38. The van der Waals surface area contributed by atoms with Gasteiger partial charge >= 0.3 is 0 Å². The Morgan fingerprint density at radius 1 is 1.15 bits per heavy atom. The van der Waals surface area contributed by atoms with E-state index in [9.17, 15) is 0 Å². The molecule has 2 unspecified atom stereocenters. The smallest absolute Gasteiger partial charge is 0.110 e. The molecule has 0 aliphatic carbocycles. The summed E-state index contributed by atoms with van der Waals surface area (Å²) in [5, 5.41) is 2.08. The van der Waals surface area contributed by atoms with E-state index in [0.29, 0.717) is 5.92 Å². The number of rotatable bonds is 3. The second kappa shape index (κ2) is 10.3. The Morgan fingerprint density at radius 3 is 2.63 bits per heavy atom. The van der Waals surface area contributed by atoms with E-state index >= 15 is 0 Å². The van der Waals surface area contributed by atoms with E-state index < -0.39 is 0 Å². The summed E-state index contributed by atoms with van der Waals surface area (Å²) in [5.74, 6) is 0.334. The highest BCUT2D eigenvalue weighted by Gasteiger charge is 2.13.